The van der Waals surface area contributed by atoms with E-state index in [1.54, 1.807) is 6.92 Å². The van der Waals surface area contributed by atoms with E-state index in [4.69, 9.17) is 5.11 Å². The third kappa shape index (κ3) is 2.74. The summed E-state index contributed by atoms with van der Waals surface area (Å²) in [5.41, 5.74) is 0.574. The van der Waals surface area contributed by atoms with Gasteiger partial charge in [0.05, 0.1) is 5.56 Å². The summed E-state index contributed by atoms with van der Waals surface area (Å²) in [6.07, 6.45) is 0.487. The van der Waals surface area contributed by atoms with E-state index < -0.39 is 17.6 Å². The summed E-state index contributed by atoms with van der Waals surface area (Å²) in [5.74, 6) is -0.940. The first-order chi connectivity index (χ1) is 7.58. The number of hydrogen-bond acceptors (Lipinski definition) is 5. The molecule has 0 bridgehead atoms. The summed E-state index contributed by atoms with van der Waals surface area (Å²) in [6, 6.07) is 2.53. The van der Waals surface area contributed by atoms with Crippen LogP contribution in [0.3, 0.4) is 0 Å². The lowest BCUT2D eigenvalue weighted by molar-refractivity contribution is -0.389. The molecule has 1 heterocycles. The van der Waals surface area contributed by atoms with Crippen molar-refractivity contribution >= 4 is 11.7 Å². The Morgan fingerprint density at radius 3 is 2.81 bits per heavy atom. The molecule has 0 saturated carbocycles. The van der Waals surface area contributed by atoms with E-state index in [0.29, 0.717) is 12.1 Å². The number of aryl methyl sites for hydroxylation is 1. The second-order valence-electron chi connectivity index (χ2n) is 2.98. The molecule has 1 rings (SSSR count). The van der Waals surface area contributed by atoms with Gasteiger partial charge in [0.25, 0.3) is 5.91 Å². The summed E-state index contributed by atoms with van der Waals surface area (Å²) in [4.78, 5) is 25.0. The Balaban J connectivity index is 3.13. The zero-order valence-electron chi connectivity index (χ0n) is 8.64. The van der Waals surface area contributed by atoms with Crippen LogP contribution in [0.4, 0.5) is 5.82 Å². The zero-order valence-corrected chi connectivity index (χ0v) is 8.64. The topological polar surface area (TPSA) is 105 Å². The van der Waals surface area contributed by atoms with Crippen molar-refractivity contribution in [2.24, 2.45) is 0 Å². The Morgan fingerprint density at radius 1 is 1.62 bits per heavy atom. The van der Waals surface area contributed by atoms with E-state index in [9.17, 15) is 14.9 Å². The highest BCUT2D eigenvalue weighted by atomic mass is 16.6. The Morgan fingerprint density at radius 2 is 2.31 bits per heavy atom. The van der Waals surface area contributed by atoms with Gasteiger partial charge in [-0.3, -0.25) is 4.79 Å². The van der Waals surface area contributed by atoms with Crippen molar-refractivity contribution in [3.63, 3.8) is 0 Å². The molecule has 0 unspecified atom stereocenters. The van der Waals surface area contributed by atoms with Crippen LogP contribution >= 0.6 is 0 Å². The lowest BCUT2D eigenvalue weighted by Crippen LogP contribution is -2.24. The molecule has 0 atom stereocenters. The van der Waals surface area contributed by atoms with E-state index in [2.05, 4.69) is 10.3 Å². The van der Waals surface area contributed by atoms with Gasteiger partial charge >= 0.3 is 5.82 Å². The summed E-state index contributed by atoms with van der Waals surface area (Å²) in [6.45, 7) is 1.26. The maximum atomic E-state index is 11.4. The van der Waals surface area contributed by atoms with Gasteiger partial charge in [0.15, 0.2) is 5.69 Å². The fourth-order valence-corrected chi connectivity index (χ4v) is 1.15. The van der Waals surface area contributed by atoms with Crippen LogP contribution in [0.5, 0.6) is 0 Å². The summed E-state index contributed by atoms with van der Waals surface area (Å²) >= 11 is 0. The maximum Gasteiger partial charge on any atom is 0.364 e. The molecule has 16 heavy (non-hydrogen) atoms. The number of carbonyl (C=O) groups excluding carboxylic acids is 1. The minimum Gasteiger partial charge on any atom is -0.376 e. The van der Waals surface area contributed by atoms with Crippen LogP contribution < -0.4 is 5.32 Å². The maximum absolute atomic E-state index is 11.4. The lowest BCUT2D eigenvalue weighted by atomic mass is 10.2. The Bertz CT molecular complexity index is 419. The normalized spacial score (nSPS) is 9.88. The van der Waals surface area contributed by atoms with Crippen molar-refractivity contribution in [3.05, 3.63) is 33.5 Å². The van der Waals surface area contributed by atoms with Gasteiger partial charge in [0, 0.05) is 12.5 Å². The highest BCUT2D eigenvalue weighted by Crippen LogP contribution is 2.13. The number of aliphatic hydroxyl groups is 1. The van der Waals surface area contributed by atoms with Crippen LogP contribution in [0, 0.1) is 10.1 Å². The van der Waals surface area contributed by atoms with Gasteiger partial charge in [0.1, 0.15) is 6.73 Å². The molecule has 1 aromatic heterocycles. The molecule has 0 spiro atoms. The molecule has 0 aromatic carbocycles. The van der Waals surface area contributed by atoms with Gasteiger partial charge in [0.2, 0.25) is 0 Å². The van der Waals surface area contributed by atoms with Gasteiger partial charge in [-0.1, -0.05) is 6.92 Å². The first-order valence-corrected chi connectivity index (χ1v) is 4.63. The summed E-state index contributed by atoms with van der Waals surface area (Å²) in [7, 11) is 0. The number of aliphatic hydroxyl groups excluding tert-OH is 1. The molecule has 86 valence electrons. The Hall–Kier alpha value is -2.02. The number of nitrogens with one attached hydrogen (secondary N) is 1. The first-order valence-electron chi connectivity index (χ1n) is 4.63. The van der Waals surface area contributed by atoms with Crippen molar-refractivity contribution in [2.45, 2.75) is 13.3 Å². The van der Waals surface area contributed by atoms with Crippen molar-refractivity contribution in [1.82, 2.24) is 10.3 Å². The smallest absolute Gasteiger partial charge is 0.364 e. The molecular weight excluding hydrogens is 214 g/mol. The van der Waals surface area contributed by atoms with Gasteiger partial charge < -0.3 is 20.5 Å². The van der Waals surface area contributed by atoms with Gasteiger partial charge in [-0.15, -0.1) is 0 Å². The number of amides is 1. The van der Waals surface area contributed by atoms with E-state index in [1.165, 1.54) is 6.07 Å². The minimum atomic E-state index is -0.658. The number of nitrogens with zero attached hydrogens (tertiary/aromatic N) is 2. The van der Waals surface area contributed by atoms with Crippen molar-refractivity contribution < 1.29 is 14.8 Å². The molecule has 0 saturated heterocycles. The second-order valence-corrected chi connectivity index (χ2v) is 2.98. The number of pyridine rings is 1. The zero-order chi connectivity index (χ0) is 12.1. The van der Waals surface area contributed by atoms with Crippen LogP contribution in [0.25, 0.3) is 0 Å². The van der Waals surface area contributed by atoms with Crippen molar-refractivity contribution in [1.29, 1.82) is 0 Å². The molecule has 7 nitrogen and oxygen atoms in total. The number of aromatic nitrogens is 1. The van der Waals surface area contributed by atoms with Gasteiger partial charge in [-0.25, -0.2) is 0 Å². The molecule has 0 aliphatic heterocycles. The molecule has 7 heteroatoms. The minimum absolute atomic E-state index is 0.118. The van der Waals surface area contributed by atoms with Crippen LogP contribution in [0.2, 0.25) is 0 Å². The monoisotopic (exact) mass is 225 g/mol. The van der Waals surface area contributed by atoms with E-state index in [1.807, 2.05) is 0 Å². The number of rotatable bonds is 4. The predicted octanol–water partition coefficient (Wildman–Crippen LogP) is 0.232. The average Bonchev–Trinajstić information content (AvgIpc) is 2.28. The summed E-state index contributed by atoms with van der Waals surface area (Å²) < 4.78 is 0. The van der Waals surface area contributed by atoms with Crippen molar-refractivity contribution in [2.75, 3.05) is 6.73 Å². The SMILES string of the molecule is CCc1cc(C(=O)NCO)cc([N+](=O)[O-])n1. The predicted molar refractivity (Wildman–Crippen MR) is 54.8 cm³/mol. The highest BCUT2D eigenvalue weighted by Gasteiger charge is 2.16. The molecule has 0 radical (unpaired) electrons. The third-order valence-electron chi connectivity index (χ3n) is 1.92. The fraction of sp³-hybridized carbons (Fsp3) is 0.333. The molecule has 0 fully saturated rings. The van der Waals surface area contributed by atoms with Gasteiger partial charge in [-0.2, -0.15) is 0 Å². The number of carbonyl (C=O) groups is 1. The molecule has 0 aliphatic carbocycles. The average molecular weight is 225 g/mol. The van der Waals surface area contributed by atoms with E-state index >= 15 is 0 Å². The first kappa shape index (κ1) is 12.1. The van der Waals surface area contributed by atoms with E-state index in [0.717, 1.165) is 6.07 Å². The van der Waals surface area contributed by atoms with Crippen LogP contribution in [-0.4, -0.2) is 27.7 Å². The van der Waals surface area contributed by atoms with Crippen LogP contribution in [-0.2, 0) is 6.42 Å². The second kappa shape index (κ2) is 5.17. The number of nitro groups is 1. The Kier molecular flexibility index (Phi) is 3.90. The Labute approximate surface area is 91.3 Å². The third-order valence-corrected chi connectivity index (χ3v) is 1.92. The highest BCUT2D eigenvalue weighted by molar-refractivity contribution is 5.94. The van der Waals surface area contributed by atoms with Crippen molar-refractivity contribution in [3.8, 4) is 0 Å². The molecule has 1 amide bonds. The number of hydrogen-bond donors (Lipinski definition) is 2. The lowest BCUT2D eigenvalue weighted by Gasteiger charge is -2.02. The van der Waals surface area contributed by atoms with Gasteiger partial charge in [-0.05, 0) is 16.0 Å². The molecular formula is C9H11N3O4. The summed E-state index contributed by atoms with van der Waals surface area (Å²) in [5, 5.41) is 21.2. The van der Waals surface area contributed by atoms with Crippen LogP contribution in [0.15, 0.2) is 12.1 Å². The fourth-order valence-electron chi connectivity index (χ4n) is 1.15. The molecule has 0 aliphatic rings. The quantitative estimate of drug-likeness (QED) is 0.433. The standard InChI is InChI=1S/C9H11N3O4/c1-2-7-3-6(9(14)10-5-13)4-8(11-7)12(15)16/h3-4,13H,2,5H2,1H3,(H,10,14). The molecule has 1 aromatic rings. The molecule has 2 N–H and O–H groups in total. The van der Waals surface area contributed by atoms with Crippen LogP contribution in [0.1, 0.15) is 23.0 Å². The largest absolute Gasteiger partial charge is 0.376 e. The van der Waals surface area contributed by atoms with E-state index in [-0.39, 0.29) is 11.4 Å².